The van der Waals surface area contributed by atoms with Crippen molar-refractivity contribution in [3.8, 4) is 23.0 Å². The minimum atomic E-state index is 0.192. The lowest BCUT2D eigenvalue weighted by molar-refractivity contribution is 0.288. The summed E-state index contributed by atoms with van der Waals surface area (Å²) in [6, 6.07) is 6.81. The lowest BCUT2D eigenvalue weighted by Gasteiger charge is -2.13. The molecule has 0 heterocycles. The van der Waals surface area contributed by atoms with E-state index in [1.807, 2.05) is 0 Å². The van der Waals surface area contributed by atoms with E-state index in [1.165, 1.54) is 12.8 Å². The van der Waals surface area contributed by atoms with Crippen LogP contribution in [-0.2, 0) is 0 Å². The normalized spacial score (nSPS) is 11.1. The molecule has 0 aliphatic heterocycles. The van der Waals surface area contributed by atoms with Gasteiger partial charge >= 0.3 is 0 Å². The maximum Gasteiger partial charge on any atom is 0.134 e. The molecule has 0 atom stereocenters. The molecule has 166 valence electrons. The molecule has 2 aromatic carbocycles. The zero-order chi connectivity index (χ0) is 22.1. The van der Waals surface area contributed by atoms with Crippen molar-refractivity contribution < 1.29 is 19.7 Å². The summed E-state index contributed by atoms with van der Waals surface area (Å²) < 4.78 is 14.4. The molecule has 2 N–H and O–H groups in total. The van der Waals surface area contributed by atoms with E-state index in [1.54, 1.807) is 24.3 Å². The standard InChI is InChI=1S/C22H26Br4O4/c1-14(6-2-4-8-29-21-12-15(23)19(27)10-17(21)25)7-3-5-9-30-22-13-16(24)20(28)11-18(22)26/h10-14,27-28H,2-9H2,1H3. The maximum atomic E-state index is 9.64. The number of hydrogen-bond acceptors (Lipinski definition) is 4. The van der Waals surface area contributed by atoms with E-state index in [4.69, 9.17) is 9.47 Å². The summed E-state index contributed by atoms with van der Waals surface area (Å²) in [4.78, 5) is 0. The number of hydrogen-bond donors (Lipinski definition) is 2. The quantitative estimate of drug-likeness (QED) is 0.222. The van der Waals surface area contributed by atoms with Gasteiger partial charge in [0.2, 0.25) is 0 Å². The Morgan fingerprint density at radius 2 is 1.07 bits per heavy atom. The van der Waals surface area contributed by atoms with Gasteiger partial charge in [0.25, 0.3) is 0 Å². The van der Waals surface area contributed by atoms with Gasteiger partial charge in [0, 0.05) is 0 Å². The number of aromatic hydroxyl groups is 2. The van der Waals surface area contributed by atoms with Gasteiger partial charge < -0.3 is 19.7 Å². The molecule has 0 bridgehead atoms. The van der Waals surface area contributed by atoms with Gasteiger partial charge in [-0.3, -0.25) is 0 Å². The average molecular weight is 674 g/mol. The Morgan fingerprint density at radius 3 is 1.47 bits per heavy atom. The Hall–Kier alpha value is -0.440. The molecule has 0 aliphatic rings. The summed E-state index contributed by atoms with van der Waals surface area (Å²) in [5.41, 5.74) is 0. The summed E-state index contributed by atoms with van der Waals surface area (Å²) in [6.45, 7) is 3.62. The summed E-state index contributed by atoms with van der Waals surface area (Å²) in [7, 11) is 0. The van der Waals surface area contributed by atoms with Gasteiger partial charge in [-0.1, -0.05) is 19.8 Å². The van der Waals surface area contributed by atoms with Crippen LogP contribution in [0.1, 0.15) is 45.4 Å². The largest absolute Gasteiger partial charge is 0.507 e. The van der Waals surface area contributed by atoms with E-state index in [0.717, 1.165) is 46.1 Å². The third-order valence-corrected chi connectivity index (χ3v) is 7.21. The second kappa shape index (κ2) is 13.2. The second-order valence-corrected chi connectivity index (χ2v) is 10.7. The van der Waals surface area contributed by atoms with Crippen molar-refractivity contribution in [3.63, 3.8) is 0 Å². The van der Waals surface area contributed by atoms with Crippen molar-refractivity contribution in [1.29, 1.82) is 0 Å². The van der Waals surface area contributed by atoms with Crippen LogP contribution in [-0.4, -0.2) is 23.4 Å². The van der Waals surface area contributed by atoms with E-state index in [0.29, 0.717) is 28.1 Å². The van der Waals surface area contributed by atoms with Gasteiger partial charge in [-0.25, -0.2) is 0 Å². The number of ether oxygens (including phenoxy) is 2. The number of phenolic OH excluding ortho intramolecular Hbond substituents is 2. The number of phenols is 2. The fourth-order valence-electron chi connectivity index (χ4n) is 2.96. The zero-order valence-electron chi connectivity index (χ0n) is 16.8. The number of halogens is 4. The topological polar surface area (TPSA) is 58.9 Å². The molecule has 0 unspecified atom stereocenters. The molecule has 2 rings (SSSR count). The van der Waals surface area contributed by atoms with Crippen LogP contribution < -0.4 is 9.47 Å². The maximum absolute atomic E-state index is 9.64. The molecule has 0 fully saturated rings. The summed E-state index contributed by atoms with van der Waals surface area (Å²) in [5, 5.41) is 19.3. The van der Waals surface area contributed by atoms with Gasteiger partial charge in [-0.05, 0) is 120 Å². The predicted octanol–water partition coefficient (Wildman–Crippen LogP) is 8.58. The Kier molecular flexibility index (Phi) is 11.3. The molecular formula is C22H26Br4O4. The van der Waals surface area contributed by atoms with Crippen molar-refractivity contribution in [2.45, 2.75) is 45.4 Å². The lowest BCUT2D eigenvalue weighted by Crippen LogP contribution is -2.02. The number of benzene rings is 2. The van der Waals surface area contributed by atoms with Crippen molar-refractivity contribution in [2.24, 2.45) is 5.92 Å². The first-order chi connectivity index (χ1) is 14.3. The molecular weight excluding hydrogens is 648 g/mol. The fourth-order valence-corrected chi connectivity index (χ4v) is 4.49. The van der Waals surface area contributed by atoms with Gasteiger partial charge in [-0.15, -0.1) is 0 Å². The molecule has 30 heavy (non-hydrogen) atoms. The molecule has 0 aliphatic carbocycles. The van der Waals surface area contributed by atoms with E-state index in [9.17, 15) is 10.2 Å². The van der Waals surface area contributed by atoms with Gasteiger partial charge in [0.1, 0.15) is 23.0 Å². The third kappa shape index (κ3) is 8.60. The minimum absolute atomic E-state index is 0.192. The summed E-state index contributed by atoms with van der Waals surface area (Å²) in [5.74, 6) is 2.53. The van der Waals surface area contributed by atoms with Gasteiger partial charge in [-0.2, -0.15) is 0 Å². The molecule has 2 aromatic rings. The molecule has 8 heteroatoms. The van der Waals surface area contributed by atoms with Crippen LogP contribution in [0.2, 0.25) is 0 Å². The lowest BCUT2D eigenvalue weighted by atomic mass is 9.98. The molecule has 0 aromatic heterocycles. The van der Waals surface area contributed by atoms with Crippen LogP contribution in [0.5, 0.6) is 23.0 Å². The monoisotopic (exact) mass is 670 g/mol. The van der Waals surface area contributed by atoms with Crippen molar-refractivity contribution in [3.05, 3.63) is 42.2 Å². The van der Waals surface area contributed by atoms with E-state index in [-0.39, 0.29) is 11.5 Å². The molecule has 0 spiro atoms. The highest BCUT2D eigenvalue weighted by Gasteiger charge is 2.09. The Balaban J connectivity index is 1.55. The molecule has 4 nitrogen and oxygen atoms in total. The molecule has 0 saturated carbocycles. The highest BCUT2D eigenvalue weighted by Crippen LogP contribution is 2.36. The van der Waals surface area contributed by atoms with E-state index < -0.39 is 0 Å². The molecule has 0 radical (unpaired) electrons. The first-order valence-corrected chi connectivity index (χ1v) is 13.1. The van der Waals surface area contributed by atoms with Crippen LogP contribution in [0.25, 0.3) is 0 Å². The van der Waals surface area contributed by atoms with Crippen molar-refractivity contribution >= 4 is 63.7 Å². The average Bonchev–Trinajstić information content (AvgIpc) is 2.69. The highest BCUT2D eigenvalue weighted by atomic mass is 79.9. The SMILES string of the molecule is CC(CCCCOc1cc(Br)c(O)cc1Br)CCCCOc1cc(Br)c(O)cc1Br. The smallest absolute Gasteiger partial charge is 0.134 e. The highest BCUT2D eigenvalue weighted by molar-refractivity contribution is 9.11. The van der Waals surface area contributed by atoms with Gasteiger partial charge in [0.15, 0.2) is 0 Å². The summed E-state index contributed by atoms with van der Waals surface area (Å²) in [6.07, 6.45) is 6.62. The van der Waals surface area contributed by atoms with Crippen LogP contribution in [0, 0.1) is 5.92 Å². The van der Waals surface area contributed by atoms with Crippen LogP contribution >= 0.6 is 63.7 Å². The Labute approximate surface area is 211 Å². The summed E-state index contributed by atoms with van der Waals surface area (Å²) >= 11 is 13.4. The van der Waals surface area contributed by atoms with Crippen LogP contribution in [0.3, 0.4) is 0 Å². The Bertz CT molecular complexity index is 762. The molecule has 0 saturated heterocycles. The minimum Gasteiger partial charge on any atom is -0.507 e. The fraction of sp³-hybridized carbons (Fsp3) is 0.455. The first-order valence-electron chi connectivity index (χ1n) is 9.89. The second-order valence-electron chi connectivity index (χ2n) is 7.26. The van der Waals surface area contributed by atoms with Gasteiger partial charge in [0.05, 0.1) is 31.1 Å². The van der Waals surface area contributed by atoms with Crippen molar-refractivity contribution in [1.82, 2.24) is 0 Å². The zero-order valence-corrected chi connectivity index (χ0v) is 23.1. The number of unbranched alkanes of at least 4 members (excludes halogenated alkanes) is 2. The third-order valence-electron chi connectivity index (χ3n) is 4.70. The van der Waals surface area contributed by atoms with Crippen LogP contribution in [0.4, 0.5) is 0 Å². The first kappa shape index (κ1) is 25.8. The van der Waals surface area contributed by atoms with E-state index >= 15 is 0 Å². The Morgan fingerprint density at radius 1 is 0.667 bits per heavy atom. The predicted molar refractivity (Wildman–Crippen MR) is 135 cm³/mol. The van der Waals surface area contributed by atoms with Crippen molar-refractivity contribution in [2.75, 3.05) is 13.2 Å². The van der Waals surface area contributed by atoms with E-state index in [2.05, 4.69) is 70.6 Å². The number of rotatable bonds is 12. The molecule has 0 amide bonds. The van der Waals surface area contributed by atoms with Crippen LogP contribution in [0.15, 0.2) is 42.2 Å².